The molecular formula is C14H21N3O. The van der Waals surface area contributed by atoms with Crippen LogP contribution in [0.4, 0.5) is 0 Å². The molecule has 1 N–H and O–H groups in total. The van der Waals surface area contributed by atoms with Gasteiger partial charge in [0.05, 0.1) is 12.1 Å². The number of hydrogen-bond donors (Lipinski definition) is 1. The van der Waals surface area contributed by atoms with Gasteiger partial charge in [0, 0.05) is 24.5 Å². The summed E-state index contributed by atoms with van der Waals surface area (Å²) in [4.78, 5) is 14.5. The number of carbonyl (C=O) groups is 1. The van der Waals surface area contributed by atoms with Gasteiger partial charge in [-0.2, -0.15) is 0 Å². The van der Waals surface area contributed by atoms with E-state index in [1.165, 1.54) is 11.4 Å². The molecule has 1 aromatic rings. The van der Waals surface area contributed by atoms with E-state index in [4.69, 9.17) is 0 Å². The Kier molecular flexibility index (Phi) is 2.90. The van der Waals surface area contributed by atoms with E-state index in [9.17, 15) is 4.79 Å². The van der Waals surface area contributed by atoms with Crippen LogP contribution in [-0.2, 0) is 11.3 Å². The largest absolute Gasteiger partial charge is 0.345 e. The van der Waals surface area contributed by atoms with Crippen molar-refractivity contribution in [1.29, 1.82) is 0 Å². The second-order valence-corrected chi connectivity index (χ2v) is 5.41. The van der Waals surface area contributed by atoms with Crippen LogP contribution in [0.1, 0.15) is 37.2 Å². The zero-order valence-corrected chi connectivity index (χ0v) is 11.1. The van der Waals surface area contributed by atoms with Gasteiger partial charge in [0.15, 0.2) is 0 Å². The highest BCUT2D eigenvalue weighted by Gasteiger charge is 2.33. The van der Waals surface area contributed by atoms with Crippen molar-refractivity contribution < 1.29 is 4.79 Å². The van der Waals surface area contributed by atoms with Crippen LogP contribution in [0, 0.1) is 6.92 Å². The number of carbonyl (C=O) groups excluding carboxylic acids is 1. The molecule has 2 atom stereocenters. The Labute approximate surface area is 108 Å². The monoisotopic (exact) mass is 247 g/mol. The predicted molar refractivity (Wildman–Crippen MR) is 70.3 cm³/mol. The summed E-state index contributed by atoms with van der Waals surface area (Å²) in [6, 6.07) is 4.55. The summed E-state index contributed by atoms with van der Waals surface area (Å²) in [6.07, 6.45) is 2.11. The number of rotatable bonds is 1. The summed E-state index contributed by atoms with van der Waals surface area (Å²) in [7, 11) is 0. The summed E-state index contributed by atoms with van der Waals surface area (Å²) in [5.74, 6) is 0.283. The molecule has 3 heterocycles. The van der Waals surface area contributed by atoms with E-state index in [0.717, 1.165) is 32.5 Å². The minimum absolute atomic E-state index is 0.0510. The maximum Gasteiger partial charge on any atom is 0.240 e. The third kappa shape index (κ3) is 1.75. The zero-order chi connectivity index (χ0) is 12.7. The first-order valence-electron chi connectivity index (χ1n) is 6.88. The molecule has 2 aliphatic heterocycles. The molecule has 98 valence electrons. The fourth-order valence-corrected chi connectivity index (χ4v) is 3.22. The van der Waals surface area contributed by atoms with Crippen molar-refractivity contribution in [2.45, 2.75) is 45.3 Å². The molecule has 0 spiro atoms. The van der Waals surface area contributed by atoms with Crippen LogP contribution in [0.25, 0.3) is 0 Å². The Balaban J connectivity index is 1.81. The molecule has 1 aromatic heterocycles. The highest BCUT2D eigenvalue weighted by Crippen LogP contribution is 2.28. The molecule has 1 amide bonds. The van der Waals surface area contributed by atoms with Crippen molar-refractivity contribution in [2.75, 3.05) is 13.1 Å². The predicted octanol–water partition coefficient (Wildman–Crippen LogP) is 1.45. The minimum Gasteiger partial charge on any atom is -0.345 e. The van der Waals surface area contributed by atoms with Gasteiger partial charge in [-0.15, -0.1) is 0 Å². The SMILES string of the molecule is Cc1ccc2n1CCN(C(=O)[C@H]1CCCN1)C2C. The van der Waals surface area contributed by atoms with Crippen molar-refractivity contribution >= 4 is 5.91 Å². The van der Waals surface area contributed by atoms with Gasteiger partial charge in [0.25, 0.3) is 0 Å². The molecule has 4 nitrogen and oxygen atoms in total. The molecule has 0 aliphatic carbocycles. The number of amides is 1. The molecule has 18 heavy (non-hydrogen) atoms. The van der Waals surface area contributed by atoms with Crippen molar-refractivity contribution in [2.24, 2.45) is 0 Å². The minimum atomic E-state index is 0.0510. The summed E-state index contributed by atoms with van der Waals surface area (Å²) in [6.45, 7) is 7.01. The van der Waals surface area contributed by atoms with Gasteiger partial charge in [0.1, 0.15) is 0 Å². The fraction of sp³-hybridized carbons (Fsp3) is 0.643. The van der Waals surface area contributed by atoms with E-state index >= 15 is 0 Å². The first kappa shape index (κ1) is 11.8. The molecule has 0 bridgehead atoms. The van der Waals surface area contributed by atoms with Crippen molar-refractivity contribution in [3.05, 3.63) is 23.5 Å². The molecule has 0 radical (unpaired) electrons. The zero-order valence-electron chi connectivity index (χ0n) is 11.1. The fourth-order valence-electron chi connectivity index (χ4n) is 3.22. The second-order valence-electron chi connectivity index (χ2n) is 5.41. The van der Waals surface area contributed by atoms with Gasteiger partial charge < -0.3 is 14.8 Å². The van der Waals surface area contributed by atoms with Crippen LogP contribution in [0.2, 0.25) is 0 Å². The van der Waals surface area contributed by atoms with Gasteiger partial charge in [-0.1, -0.05) is 0 Å². The lowest BCUT2D eigenvalue weighted by molar-refractivity contribution is -0.136. The number of aryl methyl sites for hydroxylation is 1. The van der Waals surface area contributed by atoms with Crippen molar-refractivity contribution in [3.8, 4) is 0 Å². The van der Waals surface area contributed by atoms with E-state index in [-0.39, 0.29) is 18.0 Å². The van der Waals surface area contributed by atoms with Crippen LogP contribution in [0.15, 0.2) is 12.1 Å². The maximum atomic E-state index is 12.5. The first-order valence-corrected chi connectivity index (χ1v) is 6.88. The van der Waals surface area contributed by atoms with Crippen LogP contribution in [0.5, 0.6) is 0 Å². The molecule has 2 aliphatic rings. The maximum absolute atomic E-state index is 12.5. The Morgan fingerprint density at radius 3 is 2.94 bits per heavy atom. The molecule has 3 rings (SSSR count). The summed E-state index contributed by atoms with van der Waals surface area (Å²) >= 11 is 0. The summed E-state index contributed by atoms with van der Waals surface area (Å²) in [5, 5.41) is 3.31. The second kappa shape index (κ2) is 4.43. The van der Waals surface area contributed by atoms with Crippen LogP contribution < -0.4 is 5.32 Å². The van der Waals surface area contributed by atoms with Crippen molar-refractivity contribution in [1.82, 2.24) is 14.8 Å². The van der Waals surface area contributed by atoms with E-state index in [1.807, 2.05) is 4.90 Å². The van der Waals surface area contributed by atoms with Crippen LogP contribution >= 0.6 is 0 Å². The van der Waals surface area contributed by atoms with Crippen LogP contribution in [0.3, 0.4) is 0 Å². The number of hydrogen-bond acceptors (Lipinski definition) is 2. The first-order chi connectivity index (χ1) is 8.68. The lowest BCUT2D eigenvalue weighted by Crippen LogP contribution is -2.48. The molecule has 4 heteroatoms. The molecule has 0 aromatic carbocycles. The number of fused-ring (bicyclic) bond motifs is 1. The number of aromatic nitrogens is 1. The third-order valence-electron chi connectivity index (χ3n) is 4.33. The number of nitrogens with zero attached hydrogens (tertiary/aromatic N) is 2. The van der Waals surface area contributed by atoms with Gasteiger partial charge in [-0.05, 0) is 45.4 Å². The molecular weight excluding hydrogens is 226 g/mol. The highest BCUT2D eigenvalue weighted by atomic mass is 16.2. The standard InChI is InChI=1S/C14H21N3O/c1-10-5-6-13-11(2)17(9-8-16(10)13)14(18)12-4-3-7-15-12/h5-6,11-12,15H,3-4,7-9H2,1-2H3/t11?,12-/m1/s1. The lowest BCUT2D eigenvalue weighted by Gasteiger charge is -2.37. The average molecular weight is 247 g/mol. The van der Waals surface area contributed by atoms with Gasteiger partial charge in [0.2, 0.25) is 5.91 Å². The topological polar surface area (TPSA) is 37.3 Å². The van der Waals surface area contributed by atoms with Gasteiger partial charge >= 0.3 is 0 Å². The van der Waals surface area contributed by atoms with Crippen LogP contribution in [-0.4, -0.2) is 34.5 Å². The van der Waals surface area contributed by atoms with Gasteiger partial charge in [-0.25, -0.2) is 0 Å². The third-order valence-corrected chi connectivity index (χ3v) is 4.33. The normalized spacial score (nSPS) is 27.3. The van der Waals surface area contributed by atoms with E-state index in [0.29, 0.717) is 0 Å². The molecule has 0 saturated carbocycles. The Bertz CT molecular complexity index is 460. The molecule has 1 unspecified atom stereocenters. The van der Waals surface area contributed by atoms with E-state index in [2.05, 4.69) is 35.9 Å². The van der Waals surface area contributed by atoms with E-state index < -0.39 is 0 Å². The summed E-state index contributed by atoms with van der Waals surface area (Å²) in [5.41, 5.74) is 2.56. The smallest absolute Gasteiger partial charge is 0.240 e. The van der Waals surface area contributed by atoms with Crippen molar-refractivity contribution in [3.63, 3.8) is 0 Å². The Morgan fingerprint density at radius 1 is 1.39 bits per heavy atom. The quantitative estimate of drug-likeness (QED) is 0.815. The Hall–Kier alpha value is -1.29. The number of nitrogens with one attached hydrogen (secondary N) is 1. The molecule has 1 fully saturated rings. The van der Waals surface area contributed by atoms with Gasteiger partial charge in [-0.3, -0.25) is 4.79 Å². The lowest BCUT2D eigenvalue weighted by atomic mass is 10.1. The molecule has 1 saturated heterocycles. The highest BCUT2D eigenvalue weighted by molar-refractivity contribution is 5.82. The average Bonchev–Trinajstić information content (AvgIpc) is 2.99. The Morgan fingerprint density at radius 2 is 2.22 bits per heavy atom. The van der Waals surface area contributed by atoms with E-state index in [1.54, 1.807) is 0 Å². The summed E-state index contributed by atoms with van der Waals surface area (Å²) < 4.78 is 2.33.